The average molecular weight is 323 g/mol. The number of Topliss-reactive ketones (excluding diaryl/α,β-unsaturated/α-hetero) is 2. The topological polar surface area (TPSA) is 57.6 Å². The van der Waals surface area contributed by atoms with Crippen molar-refractivity contribution in [3.05, 3.63) is 52.4 Å². The van der Waals surface area contributed by atoms with Crippen molar-refractivity contribution in [1.29, 1.82) is 0 Å². The number of carbonyl (C=O) groups is 2. The van der Waals surface area contributed by atoms with Crippen LogP contribution in [0, 0.1) is 0 Å². The fourth-order valence-corrected chi connectivity index (χ4v) is 4.40. The minimum Gasteiger partial charge on any atom is -0.508 e. The molecule has 0 bridgehead atoms. The van der Waals surface area contributed by atoms with Crippen LogP contribution >= 0.6 is 0 Å². The first-order chi connectivity index (χ1) is 11.6. The number of ketones is 2. The molecule has 4 nitrogen and oxygen atoms in total. The van der Waals surface area contributed by atoms with E-state index in [2.05, 4.69) is 4.90 Å². The van der Waals surface area contributed by atoms with Crippen LogP contribution < -0.4 is 0 Å². The standard InChI is InChI=1S/C20H21NO3/c1-21-13-7-4-10-16(23)19(13)18(12-6-2-3-9-15(12)22)20-14(21)8-5-11-17(20)24/h2-3,6,9,18,22H,4-5,7-8,10-11H2,1H3. The molecule has 0 fully saturated rings. The number of hydrogen-bond acceptors (Lipinski definition) is 4. The van der Waals surface area contributed by atoms with Gasteiger partial charge in [0, 0.05) is 53.9 Å². The predicted molar refractivity (Wildman–Crippen MR) is 90.4 cm³/mol. The minimum absolute atomic E-state index is 0.112. The van der Waals surface area contributed by atoms with Gasteiger partial charge >= 0.3 is 0 Å². The maximum absolute atomic E-state index is 12.8. The first kappa shape index (κ1) is 15.2. The minimum atomic E-state index is -0.409. The van der Waals surface area contributed by atoms with Crippen molar-refractivity contribution in [2.75, 3.05) is 7.05 Å². The number of phenolic OH excluding ortho intramolecular Hbond substituents is 1. The summed E-state index contributed by atoms with van der Waals surface area (Å²) >= 11 is 0. The molecule has 1 aromatic rings. The van der Waals surface area contributed by atoms with Gasteiger partial charge in [0.15, 0.2) is 11.6 Å². The molecule has 0 aromatic heterocycles. The lowest BCUT2D eigenvalue weighted by Crippen LogP contribution is -2.37. The van der Waals surface area contributed by atoms with E-state index in [9.17, 15) is 14.7 Å². The maximum Gasteiger partial charge on any atom is 0.161 e. The van der Waals surface area contributed by atoms with E-state index in [1.807, 2.05) is 19.2 Å². The first-order valence-corrected chi connectivity index (χ1v) is 8.63. The van der Waals surface area contributed by atoms with E-state index in [0.29, 0.717) is 18.4 Å². The number of benzene rings is 1. The van der Waals surface area contributed by atoms with Crippen LogP contribution in [0.2, 0.25) is 0 Å². The van der Waals surface area contributed by atoms with Gasteiger partial charge < -0.3 is 10.0 Å². The molecule has 0 spiro atoms. The van der Waals surface area contributed by atoms with Gasteiger partial charge in [-0.3, -0.25) is 9.59 Å². The number of aromatic hydroxyl groups is 1. The number of carbonyl (C=O) groups excluding carboxylic acids is 2. The zero-order valence-electron chi connectivity index (χ0n) is 13.8. The van der Waals surface area contributed by atoms with Crippen LogP contribution in [0.4, 0.5) is 0 Å². The Morgan fingerprint density at radius 1 is 0.917 bits per heavy atom. The van der Waals surface area contributed by atoms with Gasteiger partial charge in [-0.05, 0) is 31.7 Å². The fourth-order valence-electron chi connectivity index (χ4n) is 4.40. The summed E-state index contributed by atoms with van der Waals surface area (Å²) < 4.78 is 0. The molecule has 0 saturated heterocycles. The summed E-state index contributed by atoms with van der Waals surface area (Å²) in [6.07, 6.45) is 4.46. The van der Waals surface area contributed by atoms with Gasteiger partial charge in [-0.25, -0.2) is 0 Å². The number of nitrogens with zero attached hydrogens (tertiary/aromatic N) is 1. The molecular weight excluding hydrogens is 302 g/mol. The summed E-state index contributed by atoms with van der Waals surface area (Å²) in [5, 5.41) is 10.4. The molecule has 0 amide bonds. The summed E-state index contributed by atoms with van der Waals surface area (Å²) in [4.78, 5) is 27.6. The highest BCUT2D eigenvalue weighted by Crippen LogP contribution is 2.49. The highest BCUT2D eigenvalue weighted by atomic mass is 16.3. The Labute approximate surface area is 141 Å². The van der Waals surface area contributed by atoms with Crippen molar-refractivity contribution in [2.24, 2.45) is 0 Å². The second-order valence-electron chi connectivity index (χ2n) is 6.83. The first-order valence-electron chi connectivity index (χ1n) is 8.63. The second kappa shape index (κ2) is 5.62. The quantitative estimate of drug-likeness (QED) is 0.860. The van der Waals surface area contributed by atoms with Crippen LogP contribution in [0.15, 0.2) is 46.8 Å². The Kier molecular flexibility index (Phi) is 3.56. The van der Waals surface area contributed by atoms with Crippen LogP contribution in [0.3, 0.4) is 0 Å². The van der Waals surface area contributed by atoms with Crippen LogP contribution in [0.1, 0.15) is 50.0 Å². The molecule has 4 rings (SSSR count). The lowest BCUT2D eigenvalue weighted by Gasteiger charge is -2.42. The summed E-state index contributed by atoms with van der Waals surface area (Å²) in [6, 6.07) is 7.09. The van der Waals surface area contributed by atoms with Crippen LogP contribution in [0.5, 0.6) is 5.75 Å². The van der Waals surface area contributed by atoms with Gasteiger partial charge in [-0.2, -0.15) is 0 Å². The molecule has 0 radical (unpaired) electrons. The number of phenols is 1. The van der Waals surface area contributed by atoms with E-state index in [0.717, 1.165) is 48.2 Å². The largest absolute Gasteiger partial charge is 0.508 e. The molecule has 3 aliphatic rings. The van der Waals surface area contributed by atoms with Gasteiger partial charge in [0.05, 0.1) is 0 Å². The number of hydrogen-bond donors (Lipinski definition) is 1. The SMILES string of the molecule is CN1C2=C(C(=O)CCC2)C(c2ccccc2O)C2=C1CCCC2=O. The molecule has 1 heterocycles. The Morgan fingerprint density at radius 2 is 1.46 bits per heavy atom. The van der Waals surface area contributed by atoms with Crippen molar-refractivity contribution < 1.29 is 14.7 Å². The molecule has 124 valence electrons. The molecule has 0 saturated carbocycles. The Bertz CT molecular complexity index is 759. The molecular formula is C20H21NO3. The lowest BCUT2D eigenvalue weighted by atomic mass is 9.71. The summed E-state index contributed by atoms with van der Waals surface area (Å²) in [5.41, 5.74) is 4.19. The van der Waals surface area contributed by atoms with Gasteiger partial charge in [-0.1, -0.05) is 18.2 Å². The normalized spacial score (nSPS) is 22.0. The third-order valence-corrected chi connectivity index (χ3v) is 5.49. The zero-order chi connectivity index (χ0) is 16.8. The Hall–Kier alpha value is -2.36. The van der Waals surface area contributed by atoms with Crippen molar-refractivity contribution in [3.8, 4) is 5.75 Å². The molecule has 0 atom stereocenters. The Balaban J connectivity index is 1.99. The molecule has 1 aliphatic heterocycles. The molecule has 4 heteroatoms. The highest BCUT2D eigenvalue weighted by molar-refractivity contribution is 6.06. The van der Waals surface area contributed by atoms with E-state index < -0.39 is 5.92 Å². The second-order valence-corrected chi connectivity index (χ2v) is 6.83. The van der Waals surface area contributed by atoms with Crippen LogP contribution in [0.25, 0.3) is 0 Å². The van der Waals surface area contributed by atoms with Crippen LogP contribution in [-0.2, 0) is 9.59 Å². The van der Waals surface area contributed by atoms with E-state index in [4.69, 9.17) is 0 Å². The molecule has 0 unspecified atom stereocenters. The van der Waals surface area contributed by atoms with E-state index in [1.165, 1.54) is 0 Å². The Morgan fingerprint density at radius 3 is 2.00 bits per heavy atom. The monoisotopic (exact) mass is 323 g/mol. The predicted octanol–water partition coefficient (Wildman–Crippen LogP) is 3.44. The van der Waals surface area contributed by atoms with Gasteiger partial charge in [0.2, 0.25) is 0 Å². The number of rotatable bonds is 1. The maximum atomic E-state index is 12.8. The van der Waals surface area contributed by atoms with E-state index >= 15 is 0 Å². The smallest absolute Gasteiger partial charge is 0.161 e. The van der Waals surface area contributed by atoms with E-state index in [1.54, 1.807) is 12.1 Å². The molecule has 1 aromatic carbocycles. The number of para-hydroxylation sites is 1. The number of allylic oxidation sites excluding steroid dienone is 4. The lowest BCUT2D eigenvalue weighted by molar-refractivity contribution is -0.117. The van der Waals surface area contributed by atoms with Crippen LogP contribution in [-0.4, -0.2) is 28.6 Å². The summed E-state index contributed by atoms with van der Waals surface area (Å²) in [5.74, 6) is -0.0296. The van der Waals surface area contributed by atoms with Crippen molar-refractivity contribution >= 4 is 11.6 Å². The van der Waals surface area contributed by atoms with Crippen molar-refractivity contribution in [2.45, 2.75) is 44.4 Å². The van der Waals surface area contributed by atoms with Gasteiger partial charge in [-0.15, -0.1) is 0 Å². The third kappa shape index (κ3) is 2.13. The third-order valence-electron chi connectivity index (χ3n) is 5.49. The van der Waals surface area contributed by atoms with Gasteiger partial charge in [0.1, 0.15) is 5.75 Å². The van der Waals surface area contributed by atoms with Gasteiger partial charge in [0.25, 0.3) is 0 Å². The van der Waals surface area contributed by atoms with E-state index in [-0.39, 0.29) is 17.3 Å². The van der Waals surface area contributed by atoms with Crippen molar-refractivity contribution in [1.82, 2.24) is 4.90 Å². The molecule has 2 aliphatic carbocycles. The summed E-state index contributed by atoms with van der Waals surface area (Å²) in [7, 11) is 1.98. The highest BCUT2D eigenvalue weighted by Gasteiger charge is 2.42. The zero-order valence-corrected chi connectivity index (χ0v) is 13.8. The molecule has 24 heavy (non-hydrogen) atoms. The summed E-state index contributed by atoms with van der Waals surface area (Å²) in [6.45, 7) is 0. The average Bonchev–Trinajstić information content (AvgIpc) is 2.58. The van der Waals surface area contributed by atoms with Crippen molar-refractivity contribution in [3.63, 3.8) is 0 Å². The molecule has 1 N–H and O–H groups in total. The fraction of sp³-hybridized carbons (Fsp3) is 0.400.